The second-order valence-corrected chi connectivity index (χ2v) is 7.43. The van der Waals surface area contributed by atoms with E-state index in [9.17, 15) is 4.79 Å². The molecule has 7 heteroatoms. The van der Waals surface area contributed by atoms with E-state index in [4.69, 9.17) is 9.47 Å². The first kappa shape index (κ1) is 19.2. The highest BCUT2D eigenvalue weighted by atomic mass is 16.5. The molecule has 3 aromatic rings. The van der Waals surface area contributed by atoms with Gasteiger partial charge >= 0.3 is 0 Å². The molecule has 0 spiro atoms. The van der Waals surface area contributed by atoms with Crippen LogP contribution in [-0.4, -0.2) is 46.6 Å². The normalized spacial score (nSPS) is 17.5. The number of hydrogen-bond donors (Lipinski definition) is 0. The van der Waals surface area contributed by atoms with E-state index in [-0.39, 0.29) is 18.0 Å². The number of benzene rings is 2. The van der Waals surface area contributed by atoms with E-state index in [0.717, 1.165) is 47.5 Å². The fraction of sp³-hybridized carbons (Fsp3) is 0.409. The number of carbonyl (C=O) groups excluding carboxylic acids is 1. The summed E-state index contributed by atoms with van der Waals surface area (Å²) in [6.07, 6.45) is 2.25. The van der Waals surface area contributed by atoms with Gasteiger partial charge in [-0.15, -0.1) is 5.10 Å². The first-order valence-corrected chi connectivity index (χ1v) is 9.93. The maximum atomic E-state index is 13.2. The molecule has 152 valence electrons. The molecule has 7 nitrogen and oxygen atoms in total. The van der Waals surface area contributed by atoms with Gasteiger partial charge in [-0.25, -0.2) is 4.68 Å². The van der Waals surface area contributed by atoms with Gasteiger partial charge in [-0.3, -0.25) is 4.79 Å². The molecule has 1 amide bonds. The molecule has 0 unspecified atom stereocenters. The molecule has 1 saturated heterocycles. The average Bonchev–Trinajstić information content (AvgIpc) is 3.40. The van der Waals surface area contributed by atoms with Crippen molar-refractivity contribution in [3.05, 3.63) is 48.0 Å². The van der Waals surface area contributed by atoms with Crippen molar-refractivity contribution in [3.63, 3.8) is 0 Å². The number of aromatic nitrogens is 3. The number of para-hydroxylation sites is 1. The lowest BCUT2D eigenvalue weighted by atomic mass is 10.0. The van der Waals surface area contributed by atoms with E-state index in [1.54, 1.807) is 14.2 Å². The SMILES string of the molecule is COc1ccc(OC)c([C@H]2CCCN2C(=O)C[C@@H](C)n2nnc3ccccc32)c1. The summed E-state index contributed by atoms with van der Waals surface area (Å²) in [6.45, 7) is 2.75. The molecule has 0 bridgehead atoms. The molecule has 1 aliphatic rings. The lowest BCUT2D eigenvalue weighted by Gasteiger charge is -2.28. The van der Waals surface area contributed by atoms with E-state index >= 15 is 0 Å². The first-order valence-electron chi connectivity index (χ1n) is 9.93. The van der Waals surface area contributed by atoms with Crippen molar-refractivity contribution in [1.82, 2.24) is 19.9 Å². The maximum absolute atomic E-state index is 13.2. The maximum Gasteiger partial charge on any atom is 0.225 e. The zero-order chi connectivity index (χ0) is 20.4. The van der Waals surface area contributed by atoms with Crippen LogP contribution in [0.1, 0.15) is 43.8 Å². The molecule has 1 aromatic heterocycles. The van der Waals surface area contributed by atoms with Crippen molar-refractivity contribution in [1.29, 1.82) is 0 Å². The standard InChI is InChI=1S/C22H26N4O3/c1-15(26-20-8-5-4-7-18(20)23-24-26)13-22(27)25-12-6-9-19(25)17-14-16(28-2)10-11-21(17)29-3/h4-5,7-8,10-11,14-15,19H,6,9,12-13H2,1-3H3/t15-,19-/m1/s1. The van der Waals surface area contributed by atoms with Crippen LogP contribution >= 0.6 is 0 Å². The molecule has 29 heavy (non-hydrogen) atoms. The van der Waals surface area contributed by atoms with Crippen LogP contribution in [-0.2, 0) is 4.79 Å². The number of amides is 1. The summed E-state index contributed by atoms with van der Waals surface area (Å²) in [6, 6.07) is 13.5. The third kappa shape index (κ3) is 3.64. The van der Waals surface area contributed by atoms with Crippen LogP contribution in [0, 0.1) is 0 Å². The summed E-state index contributed by atoms with van der Waals surface area (Å²) in [5.74, 6) is 1.66. The number of ether oxygens (including phenoxy) is 2. The van der Waals surface area contributed by atoms with Gasteiger partial charge in [0, 0.05) is 18.5 Å². The average molecular weight is 394 g/mol. The van der Waals surface area contributed by atoms with Crippen molar-refractivity contribution in [2.24, 2.45) is 0 Å². The number of rotatable bonds is 6. The van der Waals surface area contributed by atoms with Gasteiger partial charge in [0.05, 0.1) is 31.8 Å². The predicted molar refractivity (Wildman–Crippen MR) is 110 cm³/mol. The molecule has 2 aromatic carbocycles. The van der Waals surface area contributed by atoms with E-state index in [1.807, 2.05) is 59.0 Å². The molecule has 1 fully saturated rings. The highest BCUT2D eigenvalue weighted by Crippen LogP contribution is 2.39. The number of carbonyl (C=O) groups is 1. The lowest BCUT2D eigenvalue weighted by molar-refractivity contribution is -0.132. The summed E-state index contributed by atoms with van der Waals surface area (Å²) in [4.78, 5) is 15.2. The van der Waals surface area contributed by atoms with Gasteiger partial charge in [0.15, 0.2) is 0 Å². The van der Waals surface area contributed by atoms with Crippen molar-refractivity contribution in [2.75, 3.05) is 20.8 Å². The second-order valence-electron chi connectivity index (χ2n) is 7.43. The Morgan fingerprint density at radius 2 is 2.03 bits per heavy atom. The van der Waals surface area contributed by atoms with Gasteiger partial charge in [-0.2, -0.15) is 0 Å². The fourth-order valence-electron chi connectivity index (χ4n) is 4.16. The van der Waals surface area contributed by atoms with Crippen LogP contribution in [0.15, 0.2) is 42.5 Å². The number of nitrogens with zero attached hydrogens (tertiary/aromatic N) is 4. The summed E-state index contributed by atoms with van der Waals surface area (Å²) in [5, 5.41) is 8.47. The Morgan fingerprint density at radius 1 is 1.21 bits per heavy atom. The Hall–Kier alpha value is -3.09. The van der Waals surface area contributed by atoms with E-state index in [2.05, 4.69) is 10.3 Å². The third-order valence-electron chi connectivity index (χ3n) is 5.63. The number of likely N-dealkylation sites (tertiary alicyclic amines) is 1. The zero-order valence-electron chi connectivity index (χ0n) is 17.0. The minimum absolute atomic E-state index is 0.00718. The van der Waals surface area contributed by atoms with Crippen LogP contribution in [0.5, 0.6) is 11.5 Å². The van der Waals surface area contributed by atoms with Crippen molar-refractivity contribution in [2.45, 2.75) is 38.3 Å². The van der Waals surface area contributed by atoms with Gasteiger partial charge in [-0.05, 0) is 50.1 Å². The van der Waals surface area contributed by atoms with Gasteiger partial charge in [-0.1, -0.05) is 17.3 Å². The van der Waals surface area contributed by atoms with Gasteiger partial charge in [0.25, 0.3) is 0 Å². The van der Waals surface area contributed by atoms with E-state index < -0.39 is 0 Å². The van der Waals surface area contributed by atoms with Crippen molar-refractivity contribution in [3.8, 4) is 11.5 Å². The Labute approximate surface area is 170 Å². The zero-order valence-corrected chi connectivity index (χ0v) is 17.0. The monoisotopic (exact) mass is 394 g/mol. The summed E-state index contributed by atoms with van der Waals surface area (Å²) in [7, 11) is 3.30. The summed E-state index contributed by atoms with van der Waals surface area (Å²) < 4.78 is 12.8. The highest BCUT2D eigenvalue weighted by Gasteiger charge is 2.33. The fourth-order valence-corrected chi connectivity index (χ4v) is 4.16. The lowest BCUT2D eigenvalue weighted by Crippen LogP contribution is -2.32. The molecule has 0 N–H and O–H groups in total. The minimum Gasteiger partial charge on any atom is -0.497 e. The van der Waals surface area contributed by atoms with Crippen LogP contribution < -0.4 is 9.47 Å². The molecule has 1 aliphatic heterocycles. The molecular weight excluding hydrogens is 368 g/mol. The minimum atomic E-state index is -0.0802. The highest BCUT2D eigenvalue weighted by molar-refractivity contribution is 5.78. The second kappa shape index (κ2) is 8.11. The predicted octanol–water partition coefficient (Wildman–Crippen LogP) is 3.76. The Morgan fingerprint density at radius 3 is 2.83 bits per heavy atom. The summed E-state index contributed by atoms with van der Waals surface area (Å²) in [5.41, 5.74) is 2.78. The Kier molecular flexibility index (Phi) is 5.38. The third-order valence-corrected chi connectivity index (χ3v) is 5.63. The van der Waals surface area contributed by atoms with Crippen LogP contribution in [0.25, 0.3) is 11.0 Å². The quantitative estimate of drug-likeness (QED) is 0.637. The molecule has 4 rings (SSSR count). The Bertz CT molecular complexity index is 1020. The largest absolute Gasteiger partial charge is 0.497 e. The van der Waals surface area contributed by atoms with Crippen LogP contribution in [0.4, 0.5) is 0 Å². The molecular formula is C22H26N4O3. The number of methoxy groups -OCH3 is 2. The Balaban J connectivity index is 1.55. The molecule has 0 saturated carbocycles. The van der Waals surface area contributed by atoms with Gasteiger partial charge in [0.1, 0.15) is 17.0 Å². The van der Waals surface area contributed by atoms with E-state index in [0.29, 0.717) is 6.42 Å². The molecule has 0 aliphatic carbocycles. The summed E-state index contributed by atoms with van der Waals surface area (Å²) >= 11 is 0. The van der Waals surface area contributed by atoms with Crippen molar-refractivity contribution < 1.29 is 14.3 Å². The molecule has 2 atom stereocenters. The van der Waals surface area contributed by atoms with E-state index in [1.165, 1.54) is 0 Å². The van der Waals surface area contributed by atoms with Gasteiger partial charge in [0.2, 0.25) is 5.91 Å². The number of fused-ring (bicyclic) bond motifs is 1. The van der Waals surface area contributed by atoms with Crippen LogP contribution in [0.3, 0.4) is 0 Å². The topological polar surface area (TPSA) is 69.5 Å². The molecule has 0 radical (unpaired) electrons. The van der Waals surface area contributed by atoms with Gasteiger partial charge < -0.3 is 14.4 Å². The van der Waals surface area contributed by atoms with Crippen molar-refractivity contribution >= 4 is 16.9 Å². The number of hydrogen-bond acceptors (Lipinski definition) is 5. The first-order chi connectivity index (χ1) is 14.1. The molecule has 2 heterocycles. The smallest absolute Gasteiger partial charge is 0.225 e. The van der Waals surface area contributed by atoms with Crippen LogP contribution in [0.2, 0.25) is 0 Å².